The van der Waals surface area contributed by atoms with Crippen LogP contribution in [0, 0.1) is 0 Å². The maximum atomic E-state index is 12.3. The van der Waals surface area contributed by atoms with Crippen LogP contribution in [0.15, 0.2) is 18.5 Å². The van der Waals surface area contributed by atoms with Crippen molar-refractivity contribution in [3.63, 3.8) is 0 Å². The molecule has 2 rings (SSSR count). The minimum absolute atomic E-state index is 0.0183. The molecule has 0 bridgehead atoms. The molecule has 2 N–H and O–H groups in total. The fourth-order valence-electron chi connectivity index (χ4n) is 2.55. The van der Waals surface area contributed by atoms with Crippen molar-refractivity contribution in [3.05, 3.63) is 24.0 Å². The average molecular weight is 327 g/mol. The van der Waals surface area contributed by atoms with Gasteiger partial charge in [0.05, 0.1) is 17.5 Å². The molecule has 22 heavy (non-hydrogen) atoms. The van der Waals surface area contributed by atoms with Crippen molar-refractivity contribution < 1.29 is 18.3 Å². The standard InChI is InChI=1S/C14H21N3O4S/c1-11-4-2-3-6-17(11)22(20,21)7-5-16-14(19)12-8-13(18)10-15-9-12/h8-11,18H,2-7H2,1H3,(H,16,19)/t11-/m0/s1. The van der Waals surface area contributed by atoms with Gasteiger partial charge >= 0.3 is 0 Å². The summed E-state index contributed by atoms with van der Waals surface area (Å²) in [5.41, 5.74) is 0.198. The zero-order valence-electron chi connectivity index (χ0n) is 12.5. The highest BCUT2D eigenvalue weighted by Gasteiger charge is 2.29. The van der Waals surface area contributed by atoms with Gasteiger partial charge < -0.3 is 10.4 Å². The highest BCUT2D eigenvalue weighted by atomic mass is 32.2. The van der Waals surface area contributed by atoms with Crippen molar-refractivity contribution in [1.29, 1.82) is 0 Å². The van der Waals surface area contributed by atoms with E-state index in [1.54, 1.807) is 0 Å². The summed E-state index contributed by atoms with van der Waals surface area (Å²) in [5.74, 6) is -0.692. The SMILES string of the molecule is C[C@H]1CCCCN1S(=O)(=O)CCNC(=O)c1cncc(O)c1. The van der Waals surface area contributed by atoms with E-state index in [0.717, 1.165) is 19.3 Å². The molecular weight excluding hydrogens is 306 g/mol. The third kappa shape index (κ3) is 4.17. The smallest absolute Gasteiger partial charge is 0.253 e. The normalized spacial score (nSPS) is 19.8. The minimum Gasteiger partial charge on any atom is -0.506 e. The van der Waals surface area contributed by atoms with Crippen LogP contribution in [0.5, 0.6) is 5.75 Å². The molecular formula is C14H21N3O4S. The van der Waals surface area contributed by atoms with E-state index in [-0.39, 0.29) is 29.7 Å². The average Bonchev–Trinajstić information content (AvgIpc) is 2.47. The van der Waals surface area contributed by atoms with Crippen LogP contribution in [0.2, 0.25) is 0 Å². The Morgan fingerprint density at radius 1 is 1.45 bits per heavy atom. The number of amides is 1. The van der Waals surface area contributed by atoms with Gasteiger partial charge in [-0.15, -0.1) is 0 Å². The Labute approximate surface area is 130 Å². The molecule has 122 valence electrons. The highest BCUT2D eigenvalue weighted by Crippen LogP contribution is 2.20. The summed E-state index contributed by atoms with van der Waals surface area (Å²) in [5, 5.41) is 11.8. The molecule has 1 atom stereocenters. The number of nitrogens with one attached hydrogen (secondary N) is 1. The molecule has 0 aliphatic carbocycles. The van der Waals surface area contributed by atoms with Gasteiger partial charge in [0.2, 0.25) is 10.0 Å². The Kier molecular flexibility index (Phi) is 5.36. The fourth-order valence-corrected chi connectivity index (χ4v) is 4.21. The molecule has 0 radical (unpaired) electrons. The molecule has 0 spiro atoms. The topological polar surface area (TPSA) is 99.6 Å². The Hall–Kier alpha value is -1.67. The Morgan fingerprint density at radius 2 is 2.23 bits per heavy atom. The number of piperidine rings is 1. The second-order valence-corrected chi connectivity index (χ2v) is 7.50. The van der Waals surface area contributed by atoms with Crippen molar-refractivity contribution in [2.24, 2.45) is 0 Å². The van der Waals surface area contributed by atoms with Crippen LogP contribution >= 0.6 is 0 Å². The van der Waals surface area contributed by atoms with E-state index in [9.17, 15) is 18.3 Å². The summed E-state index contributed by atoms with van der Waals surface area (Å²) >= 11 is 0. The van der Waals surface area contributed by atoms with Crippen LogP contribution in [0.4, 0.5) is 0 Å². The lowest BCUT2D eigenvalue weighted by Gasteiger charge is -2.32. The summed E-state index contributed by atoms with van der Waals surface area (Å²) in [6, 6.07) is 1.30. The van der Waals surface area contributed by atoms with E-state index in [1.165, 1.54) is 22.8 Å². The van der Waals surface area contributed by atoms with Crippen molar-refractivity contribution in [2.75, 3.05) is 18.8 Å². The molecule has 7 nitrogen and oxygen atoms in total. The maximum absolute atomic E-state index is 12.3. The number of nitrogens with zero attached hydrogens (tertiary/aromatic N) is 2. The summed E-state index contributed by atoms with van der Waals surface area (Å²) < 4.78 is 26.1. The van der Waals surface area contributed by atoms with Gasteiger partial charge in [-0.25, -0.2) is 8.42 Å². The fraction of sp³-hybridized carbons (Fsp3) is 0.571. The zero-order valence-corrected chi connectivity index (χ0v) is 13.3. The van der Waals surface area contributed by atoms with E-state index in [2.05, 4.69) is 10.3 Å². The van der Waals surface area contributed by atoms with Gasteiger partial charge in [-0.3, -0.25) is 9.78 Å². The third-order valence-corrected chi connectivity index (χ3v) is 5.71. The Morgan fingerprint density at radius 3 is 2.91 bits per heavy atom. The number of carbonyl (C=O) groups excluding carboxylic acids is 1. The van der Waals surface area contributed by atoms with Crippen LogP contribution in [0.3, 0.4) is 0 Å². The van der Waals surface area contributed by atoms with Gasteiger partial charge in [-0.05, 0) is 25.8 Å². The lowest BCUT2D eigenvalue weighted by atomic mass is 10.1. The van der Waals surface area contributed by atoms with Crippen LogP contribution in [-0.2, 0) is 10.0 Å². The van der Waals surface area contributed by atoms with Crippen LogP contribution in [0.25, 0.3) is 0 Å². The lowest BCUT2D eigenvalue weighted by Crippen LogP contribution is -2.45. The first-order valence-corrected chi connectivity index (χ1v) is 8.93. The van der Waals surface area contributed by atoms with Crippen LogP contribution < -0.4 is 5.32 Å². The number of aromatic hydroxyl groups is 1. The number of aromatic nitrogens is 1. The zero-order chi connectivity index (χ0) is 16.2. The third-order valence-electron chi connectivity index (χ3n) is 3.73. The molecule has 1 aliphatic heterocycles. The van der Waals surface area contributed by atoms with Gasteiger partial charge in [0.15, 0.2) is 0 Å². The molecule has 1 aromatic rings. The van der Waals surface area contributed by atoms with Gasteiger partial charge in [0, 0.05) is 25.3 Å². The van der Waals surface area contributed by atoms with Crippen molar-refractivity contribution in [1.82, 2.24) is 14.6 Å². The second-order valence-electron chi connectivity index (χ2n) is 5.46. The summed E-state index contributed by atoms with van der Waals surface area (Å²) in [6.45, 7) is 2.49. The molecule has 0 unspecified atom stereocenters. The van der Waals surface area contributed by atoms with E-state index in [0.29, 0.717) is 6.54 Å². The monoisotopic (exact) mass is 327 g/mol. The van der Waals surface area contributed by atoms with E-state index >= 15 is 0 Å². The number of sulfonamides is 1. The Bertz CT molecular complexity index is 633. The van der Waals surface area contributed by atoms with Gasteiger partial charge in [-0.2, -0.15) is 4.31 Å². The predicted molar refractivity (Wildman–Crippen MR) is 82.0 cm³/mol. The molecule has 0 aromatic carbocycles. The van der Waals surface area contributed by atoms with Crippen molar-refractivity contribution >= 4 is 15.9 Å². The summed E-state index contributed by atoms with van der Waals surface area (Å²) in [4.78, 5) is 15.6. The molecule has 1 amide bonds. The van der Waals surface area contributed by atoms with Crippen molar-refractivity contribution in [3.8, 4) is 5.75 Å². The largest absolute Gasteiger partial charge is 0.506 e. The van der Waals surface area contributed by atoms with Gasteiger partial charge in [-0.1, -0.05) is 6.42 Å². The first kappa shape index (κ1) is 16.7. The van der Waals surface area contributed by atoms with Crippen LogP contribution in [0.1, 0.15) is 36.5 Å². The number of rotatable bonds is 5. The van der Waals surface area contributed by atoms with Crippen molar-refractivity contribution in [2.45, 2.75) is 32.2 Å². The second kappa shape index (κ2) is 7.06. The molecule has 0 saturated carbocycles. The molecule has 1 saturated heterocycles. The molecule has 1 aliphatic rings. The highest BCUT2D eigenvalue weighted by molar-refractivity contribution is 7.89. The van der Waals surface area contributed by atoms with E-state index in [1.807, 2.05) is 6.92 Å². The number of carbonyl (C=O) groups is 1. The summed E-state index contributed by atoms with van der Waals surface area (Å²) in [7, 11) is -3.36. The quantitative estimate of drug-likeness (QED) is 0.830. The minimum atomic E-state index is -3.36. The molecule has 1 aromatic heterocycles. The van der Waals surface area contributed by atoms with Crippen LogP contribution in [-0.4, -0.2) is 53.6 Å². The maximum Gasteiger partial charge on any atom is 0.253 e. The van der Waals surface area contributed by atoms with Gasteiger partial charge in [0.25, 0.3) is 5.91 Å². The molecule has 8 heteroatoms. The first-order chi connectivity index (χ1) is 10.4. The number of hydrogen-bond donors (Lipinski definition) is 2. The van der Waals surface area contributed by atoms with E-state index in [4.69, 9.17) is 0 Å². The lowest BCUT2D eigenvalue weighted by molar-refractivity contribution is 0.0955. The van der Waals surface area contributed by atoms with E-state index < -0.39 is 15.9 Å². The number of hydrogen-bond acceptors (Lipinski definition) is 5. The predicted octanol–water partition coefficient (Wildman–Crippen LogP) is 0.721. The van der Waals surface area contributed by atoms with Gasteiger partial charge in [0.1, 0.15) is 5.75 Å². The molecule has 2 heterocycles. The Balaban J connectivity index is 1.88. The summed E-state index contributed by atoms with van der Waals surface area (Å²) in [6.07, 6.45) is 5.34. The number of pyridine rings is 1. The first-order valence-electron chi connectivity index (χ1n) is 7.32. The molecule has 1 fully saturated rings.